The molecule has 0 radical (unpaired) electrons. The Morgan fingerprint density at radius 1 is 1.07 bits per heavy atom. The average molecular weight is 393 g/mol. The molecule has 0 unspecified atom stereocenters. The molecule has 6 nitrogen and oxygen atoms in total. The first-order valence-electron chi connectivity index (χ1n) is 9.17. The largest absolute Gasteiger partial charge is 0.493 e. The van der Waals surface area contributed by atoms with Crippen molar-refractivity contribution in [2.45, 2.75) is 33.1 Å². The summed E-state index contributed by atoms with van der Waals surface area (Å²) in [6, 6.07) is 12.8. The zero-order valence-corrected chi connectivity index (χ0v) is 17.1. The highest BCUT2D eigenvalue weighted by atomic mass is 16.6. The van der Waals surface area contributed by atoms with Gasteiger partial charge in [-0.1, -0.05) is 39.0 Å². The standard InChI is InChI=1S/C23H23NO5/c1-14(25)28-20-13-15(6-11-19(20)27-5)12-18-22(26)29-21(24-18)16-7-9-17(10-8-16)23(2,3)4/h6-13H,1-5H3/b18-12+. The fraction of sp³-hybridized carbons (Fsp3) is 0.261. The molecule has 0 aliphatic carbocycles. The van der Waals surface area contributed by atoms with Crippen LogP contribution in [0.2, 0.25) is 0 Å². The maximum Gasteiger partial charge on any atom is 0.363 e. The number of methoxy groups -OCH3 is 1. The fourth-order valence-corrected chi connectivity index (χ4v) is 2.82. The van der Waals surface area contributed by atoms with Crippen molar-refractivity contribution >= 4 is 23.9 Å². The SMILES string of the molecule is COc1ccc(/C=C2/N=C(c3ccc(C(C)(C)C)cc3)OC2=O)cc1OC(C)=O. The Hall–Kier alpha value is -3.41. The van der Waals surface area contributed by atoms with Crippen LogP contribution in [0, 0.1) is 0 Å². The zero-order chi connectivity index (χ0) is 21.2. The minimum atomic E-state index is -0.537. The average Bonchev–Trinajstić information content (AvgIpc) is 3.01. The van der Waals surface area contributed by atoms with Gasteiger partial charge in [0, 0.05) is 12.5 Å². The Balaban J connectivity index is 1.89. The first-order chi connectivity index (χ1) is 13.7. The molecule has 0 aromatic heterocycles. The van der Waals surface area contributed by atoms with Gasteiger partial charge >= 0.3 is 11.9 Å². The molecule has 1 aliphatic heterocycles. The second kappa shape index (κ2) is 7.91. The van der Waals surface area contributed by atoms with E-state index in [2.05, 4.69) is 25.8 Å². The smallest absolute Gasteiger partial charge is 0.363 e. The molecule has 0 amide bonds. The van der Waals surface area contributed by atoms with E-state index in [0.717, 1.165) is 5.56 Å². The maximum absolute atomic E-state index is 12.3. The van der Waals surface area contributed by atoms with E-state index in [1.807, 2.05) is 24.3 Å². The highest BCUT2D eigenvalue weighted by Gasteiger charge is 2.25. The van der Waals surface area contributed by atoms with Crippen LogP contribution in [0.25, 0.3) is 6.08 Å². The predicted molar refractivity (Wildman–Crippen MR) is 110 cm³/mol. The van der Waals surface area contributed by atoms with Gasteiger partial charge in [-0.05, 0) is 46.9 Å². The minimum Gasteiger partial charge on any atom is -0.493 e. The van der Waals surface area contributed by atoms with Gasteiger partial charge in [0.25, 0.3) is 0 Å². The van der Waals surface area contributed by atoms with Crippen molar-refractivity contribution in [1.82, 2.24) is 0 Å². The number of ether oxygens (including phenoxy) is 3. The van der Waals surface area contributed by atoms with Gasteiger partial charge in [0.05, 0.1) is 7.11 Å². The molecule has 3 rings (SSSR count). The van der Waals surface area contributed by atoms with Crippen molar-refractivity contribution in [3.8, 4) is 11.5 Å². The summed E-state index contributed by atoms with van der Waals surface area (Å²) >= 11 is 0. The molecule has 0 spiro atoms. The molecular formula is C23H23NO5. The second-order valence-electron chi connectivity index (χ2n) is 7.67. The summed E-state index contributed by atoms with van der Waals surface area (Å²) in [4.78, 5) is 27.9. The number of hydrogen-bond acceptors (Lipinski definition) is 6. The van der Waals surface area contributed by atoms with Gasteiger partial charge in [-0.25, -0.2) is 9.79 Å². The summed E-state index contributed by atoms with van der Waals surface area (Å²) in [5.41, 5.74) is 2.73. The summed E-state index contributed by atoms with van der Waals surface area (Å²) in [7, 11) is 1.48. The van der Waals surface area contributed by atoms with Crippen molar-refractivity contribution < 1.29 is 23.8 Å². The Morgan fingerprint density at radius 2 is 1.76 bits per heavy atom. The van der Waals surface area contributed by atoms with Crippen molar-refractivity contribution in [1.29, 1.82) is 0 Å². The van der Waals surface area contributed by atoms with Crippen LogP contribution in [0.15, 0.2) is 53.2 Å². The molecule has 0 fully saturated rings. The third-order valence-electron chi connectivity index (χ3n) is 4.36. The van der Waals surface area contributed by atoms with Crippen molar-refractivity contribution in [3.05, 3.63) is 64.9 Å². The number of carbonyl (C=O) groups is 2. The van der Waals surface area contributed by atoms with E-state index < -0.39 is 11.9 Å². The minimum absolute atomic E-state index is 0.0335. The molecule has 0 atom stereocenters. The highest BCUT2D eigenvalue weighted by Crippen LogP contribution is 2.30. The summed E-state index contributed by atoms with van der Waals surface area (Å²) < 4.78 is 15.7. The van der Waals surface area contributed by atoms with E-state index >= 15 is 0 Å². The normalized spacial score (nSPS) is 15.1. The summed E-state index contributed by atoms with van der Waals surface area (Å²) in [6.07, 6.45) is 1.57. The number of hydrogen-bond donors (Lipinski definition) is 0. The summed E-state index contributed by atoms with van der Waals surface area (Å²) in [5, 5.41) is 0. The predicted octanol–water partition coefficient (Wildman–Crippen LogP) is 4.26. The van der Waals surface area contributed by atoms with E-state index in [1.165, 1.54) is 19.6 Å². The van der Waals surface area contributed by atoms with Gasteiger partial charge in [0.2, 0.25) is 5.90 Å². The van der Waals surface area contributed by atoms with Gasteiger partial charge in [0.15, 0.2) is 17.2 Å². The summed E-state index contributed by atoms with van der Waals surface area (Å²) in [6.45, 7) is 7.71. The fourth-order valence-electron chi connectivity index (χ4n) is 2.82. The quantitative estimate of drug-likeness (QED) is 0.441. The first kappa shape index (κ1) is 20.3. The van der Waals surface area contributed by atoms with Crippen LogP contribution < -0.4 is 9.47 Å². The van der Waals surface area contributed by atoms with E-state index in [4.69, 9.17) is 14.2 Å². The molecule has 150 valence electrons. The van der Waals surface area contributed by atoms with Crippen LogP contribution in [0.3, 0.4) is 0 Å². The lowest BCUT2D eigenvalue weighted by atomic mass is 9.87. The van der Waals surface area contributed by atoms with Crippen LogP contribution in [0.4, 0.5) is 0 Å². The molecule has 0 saturated carbocycles. The molecule has 29 heavy (non-hydrogen) atoms. The molecule has 6 heteroatoms. The van der Waals surface area contributed by atoms with Gasteiger partial charge in [-0.3, -0.25) is 4.79 Å². The maximum atomic E-state index is 12.3. The van der Waals surface area contributed by atoms with Gasteiger partial charge in [-0.2, -0.15) is 0 Å². The first-order valence-corrected chi connectivity index (χ1v) is 9.17. The van der Waals surface area contributed by atoms with Gasteiger partial charge < -0.3 is 14.2 Å². The number of cyclic esters (lactones) is 1. The van der Waals surface area contributed by atoms with Crippen LogP contribution in [0.5, 0.6) is 11.5 Å². The molecule has 0 bridgehead atoms. The number of aliphatic imine (C=N–C) groups is 1. The lowest BCUT2D eigenvalue weighted by Gasteiger charge is -2.18. The van der Waals surface area contributed by atoms with E-state index in [-0.39, 0.29) is 22.8 Å². The third kappa shape index (κ3) is 4.71. The van der Waals surface area contributed by atoms with Crippen LogP contribution in [-0.4, -0.2) is 24.9 Å². The van der Waals surface area contributed by atoms with Crippen molar-refractivity contribution in [2.24, 2.45) is 4.99 Å². The van der Waals surface area contributed by atoms with Gasteiger partial charge in [-0.15, -0.1) is 0 Å². The Bertz CT molecular complexity index is 1010. The lowest BCUT2D eigenvalue weighted by Crippen LogP contribution is -2.11. The molecule has 2 aromatic carbocycles. The van der Waals surface area contributed by atoms with E-state index in [0.29, 0.717) is 11.3 Å². The Morgan fingerprint density at radius 3 is 2.34 bits per heavy atom. The second-order valence-corrected chi connectivity index (χ2v) is 7.67. The van der Waals surface area contributed by atoms with E-state index in [1.54, 1.807) is 24.3 Å². The Labute approximate surface area is 169 Å². The molecule has 2 aromatic rings. The molecule has 0 saturated heterocycles. The zero-order valence-electron chi connectivity index (χ0n) is 17.1. The van der Waals surface area contributed by atoms with Crippen LogP contribution >= 0.6 is 0 Å². The topological polar surface area (TPSA) is 74.2 Å². The summed E-state index contributed by atoms with van der Waals surface area (Å²) in [5.74, 6) is -0.0604. The van der Waals surface area contributed by atoms with E-state index in [9.17, 15) is 9.59 Å². The number of rotatable bonds is 4. The molecule has 1 heterocycles. The Kier molecular flexibility index (Phi) is 5.55. The van der Waals surface area contributed by atoms with Crippen molar-refractivity contribution in [2.75, 3.05) is 7.11 Å². The molecule has 1 aliphatic rings. The number of benzene rings is 2. The highest BCUT2D eigenvalue weighted by molar-refractivity contribution is 6.12. The molecule has 0 N–H and O–H groups in total. The van der Waals surface area contributed by atoms with Crippen molar-refractivity contribution in [3.63, 3.8) is 0 Å². The van der Waals surface area contributed by atoms with Crippen LogP contribution in [0.1, 0.15) is 44.4 Å². The monoisotopic (exact) mass is 393 g/mol. The third-order valence-corrected chi connectivity index (χ3v) is 4.36. The van der Waals surface area contributed by atoms with Gasteiger partial charge in [0.1, 0.15) is 0 Å². The number of carbonyl (C=O) groups excluding carboxylic acids is 2. The number of esters is 2. The molecular weight excluding hydrogens is 370 g/mol. The number of nitrogens with zero attached hydrogens (tertiary/aromatic N) is 1. The lowest BCUT2D eigenvalue weighted by molar-refractivity contribution is -0.132. The van der Waals surface area contributed by atoms with Crippen LogP contribution in [-0.2, 0) is 19.7 Å².